The fourth-order valence-electron chi connectivity index (χ4n) is 2.88. The number of hydrogen-bond donors (Lipinski definition) is 3. The van der Waals surface area contributed by atoms with Gasteiger partial charge in [0.1, 0.15) is 5.82 Å². The molecule has 0 radical (unpaired) electrons. The molecule has 3 N–H and O–H groups in total. The largest absolute Gasteiger partial charge is 0.379 e. The summed E-state index contributed by atoms with van der Waals surface area (Å²) in [6, 6.07) is 10.5. The van der Waals surface area contributed by atoms with Crippen molar-refractivity contribution in [3.05, 3.63) is 48.2 Å². The van der Waals surface area contributed by atoms with E-state index in [4.69, 9.17) is 4.74 Å². The first-order valence-corrected chi connectivity index (χ1v) is 9.29. The lowest BCUT2D eigenvalue weighted by atomic mass is 10.2. The monoisotopic (exact) mass is 383 g/mol. The van der Waals surface area contributed by atoms with Crippen LogP contribution >= 0.6 is 0 Å². The summed E-state index contributed by atoms with van der Waals surface area (Å²) in [5.41, 5.74) is 1.69. The maximum absolute atomic E-state index is 12.4. The first kappa shape index (κ1) is 19.8. The van der Waals surface area contributed by atoms with E-state index in [1.807, 2.05) is 0 Å². The number of anilines is 3. The van der Waals surface area contributed by atoms with Crippen LogP contribution in [0.15, 0.2) is 42.6 Å². The van der Waals surface area contributed by atoms with Gasteiger partial charge in [0.2, 0.25) is 5.91 Å². The lowest BCUT2D eigenvalue weighted by molar-refractivity contribution is -0.114. The van der Waals surface area contributed by atoms with Crippen molar-refractivity contribution in [1.82, 2.24) is 9.88 Å². The maximum Gasteiger partial charge on any atom is 0.257 e. The van der Waals surface area contributed by atoms with E-state index in [1.165, 1.54) is 6.92 Å². The van der Waals surface area contributed by atoms with E-state index >= 15 is 0 Å². The van der Waals surface area contributed by atoms with Gasteiger partial charge in [0.25, 0.3) is 5.91 Å². The molecule has 2 amide bonds. The number of carbonyl (C=O) groups is 2. The zero-order valence-corrected chi connectivity index (χ0v) is 15.9. The second kappa shape index (κ2) is 9.82. The van der Waals surface area contributed by atoms with E-state index in [0.717, 1.165) is 45.2 Å². The van der Waals surface area contributed by atoms with E-state index in [9.17, 15) is 9.59 Å². The van der Waals surface area contributed by atoms with Crippen molar-refractivity contribution in [2.24, 2.45) is 0 Å². The molecule has 0 bridgehead atoms. The van der Waals surface area contributed by atoms with E-state index in [2.05, 4.69) is 25.8 Å². The van der Waals surface area contributed by atoms with Crippen LogP contribution in [-0.4, -0.2) is 61.1 Å². The number of morpholine rings is 1. The summed E-state index contributed by atoms with van der Waals surface area (Å²) in [5.74, 6) is 0.314. The molecule has 1 saturated heterocycles. The van der Waals surface area contributed by atoms with Gasteiger partial charge >= 0.3 is 0 Å². The summed E-state index contributed by atoms with van der Waals surface area (Å²) in [6.07, 6.45) is 1.55. The molecular formula is C20H25N5O3. The van der Waals surface area contributed by atoms with E-state index < -0.39 is 0 Å². The number of amides is 2. The molecule has 1 aromatic heterocycles. The highest BCUT2D eigenvalue weighted by Gasteiger charge is 2.10. The predicted molar refractivity (Wildman–Crippen MR) is 109 cm³/mol. The van der Waals surface area contributed by atoms with Gasteiger partial charge in [-0.1, -0.05) is 6.07 Å². The molecule has 148 valence electrons. The van der Waals surface area contributed by atoms with Crippen LogP contribution in [0.2, 0.25) is 0 Å². The Hall–Kier alpha value is -2.97. The Morgan fingerprint density at radius 3 is 2.54 bits per heavy atom. The molecule has 8 heteroatoms. The topological polar surface area (TPSA) is 95.6 Å². The summed E-state index contributed by atoms with van der Waals surface area (Å²) in [4.78, 5) is 30.2. The fraction of sp³-hybridized carbons (Fsp3) is 0.350. The van der Waals surface area contributed by atoms with Crippen LogP contribution in [0.1, 0.15) is 17.3 Å². The van der Waals surface area contributed by atoms with E-state index in [1.54, 1.807) is 42.6 Å². The van der Waals surface area contributed by atoms with Gasteiger partial charge in [0, 0.05) is 50.7 Å². The van der Waals surface area contributed by atoms with Crippen molar-refractivity contribution < 1.29 is 14.3 Å². The molecule has 0 saturated carbocycles. The molecule has 1 aliphatic rings. The SMILES string of the molecule is CC(=O)Nc1cccc(NC(=O)c2ccc(NCCN3CCOCC3)nc2)c1. The van der Waals surface area contributed by atoms with Gasteiger partial charge in [-0.3, -0.25) is 14.5 Å². The first-order valence-electron chi connectivity index (χ1n) is 9.29. The molecular weight excluding hydrogens is 358 g/mol. The Labute approximate surface area is 164 Å². The van der Waals surface area contributed by atoms with Crippen LogP contribution in [0.3, 0.4) is 0 Å². The second-order valence-electron chi connectivity index (χ2n) is 6.53. The molecule has 28 heavy (non-hydrogen) atoms. The standard InChI is InChI=1S/C20H25N5O3/c1-15(26)23-17-3-2-4-18(13-17)24-20(27)16-5-6-19(22-14-16)21-7-8-25-9-11-28-12-10-25/h2-6,13-14H,7-12H2,1H3,(H,21,22)(H,23,26)(H,24,27). The van der Waals surface area contributed by atoms with Gasteiger partial charge in [-0.15, -0.1) is 0 Å². The summed E-state index contributed by atoms with van der Waals surface area (Å²) in [6.45, 7) is 6.64. The van der Waals surface area contributed by atoms with Crippen molar-refractivity contribution >= 4 is 29.0 Å². The average molecular weight is 383 g/mol. The first-order chi connectivity index (χ1) is 13.6. The van der Waals surface area contributed by atoms with Gasteiger partial charge in [0.05, 0.1) is 18.8 Å². The maximum atomic E-state index is 12.4. The smallest absolute Gasteiger partial charge is 0.257 e. The Kier molecular flexibility index (Phi) is 6.94. The quantitative estimate of drug-likeness (QED) is 0.677. The normalized spacial score (nSPS) is 14.3. The molecule has 0 unspecified atom stereocenters. The fourth-order valence-corrected chi connectivity index (χ4v) is 2.88. The van der Waals surface area contributed by atoms with Crippen molar-refractivity contribution in [2.45, 2.75) is 6.92 Å². The number of hydrogen-bond acceptors (Lipinski definition) is 6. The van der Waals surface area contributed by atoms with Gasteiger partial charge in [-0.05, 0) is 30.3 Å². The Morgan fingerprint density at radius 1 is 1.11 bits per heavy atom. The zero-order chi connectivity index (χ0) is 19.8. The average Bonchev–Trinajstić information content (AvgIpc) is 2.69. The van der Waals surface area contributed by atoms with Crippen LogP contribution in [0.5, 0.6) is 0 Å². The molecule has 1 aromatic carbocycles. The number of ether oxygens (including phenoxy) is 1. The number of rotatable bonds is 7. The summed E-state index contributed by atoms with van der Waals surface area (Å²) in [7, 11) is 0. The van der Waals surface area contributed by atoms with Crippen LogP contribution in [0.25, 0.3) is 0 Å². The number of carbonyl (C=O) groups excluding carboxylic acids is 2. The second-order valence-corrected chi connectivity index (χ2v) is 6.53. The van der Waals surface area contributed by atoms with Crippen molar-refractivity contribution in [3.63, 3.8) is 0 Å². The minimum Gasteiger partial charge on any atom is -0.379 e. The Bertz CT molecular complexity index is 804. The van der Waals surface area contributed by atoms with E-state index in [0.29, 0.717) is 16.9 Å². The molecule has 1 aliphatic heterocycles. The number of pyridine rings is 1. The number of aromatic nitrogens is 1. The molecule has 8 nitrogen and oxygen atoms in total. The highest BCUT2D eigenvalue weighted by Crippen LogP contribution is 2.16. The van der Waals surface area contributed by atoms with Crippen LogP contribution in [0.4, 0.5) is 17.2 Å². The summed E-state index contributed by atoms with van der Waals surface area (Å²) < 4.78 is 5.34. The molecule has 3 rings (SSSR count). The van der Waals surface area contributed by atoms with Gasteiger partial charge < -0.3 is 20.7 Å². The highest BCUT2D eigenvalue weighted by atomic mass is 16.5. The highest BCUT2D eigenvalue weighted by molar-refractivity contribution is 6.04. The molecule has 0 spiro atoms. The third-order valence-electron chi connectivity index (χ3n) is 4.30. The van der Waals surface area contributed by atoms with Crippen LogP contribution in [0, 0.1) is 0 Å². The van der Waals surface area contributed by atoms with Gasteiger partial charge in [-0.25, -0.2) is 4.98 Å². The lowest BCUT2D eigenvalue weighted by Gasteiger charge is -2.26. The van der Waals surface area contributed by atoms with Crippen LogP contribution < -0.4 is 16.0 Å². The third kappa shape index (κ3) is 6.04. The molecule has 2 heterocycles. The molecule has 2 aromatic rings. The number of benzene rings is 1. The van der Waals surface area contributed by atoms with Gasteiger partial charge in [-0.2, -0.15) is 0 Å². The lowest BCUT2D eigenvalue weighted by Crippen LogP contribution is -2.39. The zero-order valence-electron chi connectivity index (χ0n) is 15.9. The molecule has 0 atom stereocenters. The minimum absolute atomic E-state index is 0.163. The number of nitrogens with zero attached hydrogens (tertiary/aromatic N) is 2. The van der Waals surface area contributed by atoms with Crippen molar-refractivity contribution in [2.75, 3.05) is 55.3 Å². The number of nitrogens with one attached hydrogen (secondary N) is 3. The van der Waals surface area contributed by atoms with E-state index in [-0.39, 0.29) is 11.8 Å². The van der Waals surface area contributed by atoms with Gasteiger partial charge in [0.15, 0.2) is 0 Å². The van der Waals surface area contributed by atoms with Crippen LogP contribution in [-0.2, 0) is 9.53 Å². The molecule has 0 aliphatic carbocycles. The summed E-state index contributed by atoms with van der Waals surface area (Å²) >= 11 is 0. The summed E-state index contributed by atoms with van der Waals surface area (Å²) in [5, 5.41) is 8.76. The Balaban J connectivity index is 1.50. The van der Waals surface area contributed by atoms with Crippen molar-refractivity contribution in [1.29, 1.82) is 0 Å². The Morgan fingerprint density at radius 2 is 1.86 bits per heavy atom. The molecule has 1 fully saturated rings. The van der Waals surface area contributed by atoms with Crippen molar-refractivity contribution in [3.8, 4) is 0 Å². The predicted octanol–water partition coefficient (Wildman–Crippen LogP) is 2.04. The minimum atomic E-state index is -0.257. The third-order valence-corrected chi connectivity index (χ3v) is 4.30.